The molecule has 7 heteroatoms. The van der Waals surface area contributed by atoms with Crippen molar-refractivity contribution in [3.63, 3.8) is 0 Å². The number of benzene rings is 2. The molecule has 1 aliphatic rings. The van der Waals surface area contributed by atoms with E-state index in [0.29, 0.717) is 27.8 Å². The summed E-state index contributed by atoms with van der Waals surface area (Å²) in [7, 11) is 0. The largest absolute Gasteiger partial charge is 0.499 e. The Balaban J connectivity index is 2.14. The first-order valence-electron chi connectivity index (χ1n) is 7.82. The van der Waals surface area contributed by atoms with Crippen molar-refractivity contribution in [1.29, 1.82) is 0 Å². The average molecular weight is 392 g/mol. The minimum atomic E-state index is -1.80. The predicted octanol–water partition coefficient (Wildman–Crippen LogP) is 4.06. The molecule has 134 valence electrons. The molecule has 5 nitrogen and oxygen atoms in total. The summed E-state index contributed by atoms with van der Waals surface area (Å²) >= 11 is 11.9. The van der Waals surface area contributed by atoms with Crippen LogP contribution in [0.15, 0.2) is 65.5 Å². The number of halogens is 2. The van der Waals surface area contributed by atoms with Crippen molar-refractivity contribution in [1.82, 2.24) is 0 Å². The van der Waals surface area contributed by atoms with Crippen LogP contribution < -0.4 is 0 Å². The van der Waals surface area contributed by atoms with Crippen molar-refractivity contribution < 1.29 is 19.4 Å². The van der Waals surface area contributed by atoms with E-state index >= 15 is 0 Å². The molecule has 0 saturated carbocycles. The number of hydrogen-bond donors (Lipinski definition) is 1. The van der Waals surface area contributed by atoms with E-state index in [2.05, 4.69) is 4.99 Å². The number of carbonyl (C=O) groups excluding carboxylic acids is 1. The van der Waals surface area contributed by atoms with Crippen LogP contribution in [0.1, 0.15) is 18.1 Å². The Morgan fingerprint density at radius 1 is 1.08 bits per heavy atom. The van der Waals surface area contributed by atoms with Gasteiger partial charge in [-0.05, 0) is 42.3 Å². The van der Waals surface area contributed by atoms with Crippen LogP contribution in [0.3, 0.4) is 0 Å². The highest BCUT2D eigenvalue weighted by atomic mass is 35.5. The third-order valence-corrected chi connectivity index (χ3v) is 4.32. The number of esters is 1. The summed E-state index contributed by atoms with van der Waals surface area (Å²) in [5.41, 5.74) is -0.947. The molecule has 3 rings (SSSR count). The summed E-state index contributed by atoms with van der Waals surface area (Å²) in [4.78, 5) is 16.2. The quantitative estimate of drug-likeness (QED) is 0.473. The first-order chi connectivity index (χ1) is 12.4. The fourth-order valence-corrected chi connectivity index (χ4v) is 2.76. The number of rotatable bonds is 5. The standard InChI is InChI=1S/C19H15Cl2NO4/c1-2-25-11-16-17(23)26-18(22-16)19(24,12-3-7-14(20)8-4-12)13-5-9-15(21)10-6-13/h3-11,24H,2H2,1H3/b16-11-. The highest BCUT2D eigenvalue weighted by molar-refractivity contribution is 6.30. The van der Waals surface area contributed by atoms with E-state index in [9.17, 15) is 9.90 Å². The number of nitrogens with zero attached hydrogens (tertiary/aromatic N) is 1. The maximum atomic E-state index is 12.1. The average Bonchev–Trinajstić information content (AvgIpc) is 3.01. The minimum absolute atomic E-state index is 0.0248. The van der Waals surface area contributed by atoms with E-state index in [-0.39, 0.29) is 11.6 Å². The number of aliphatic hydroxyl groups is 1. The molecule has 0 spiro atoms. The van der Waals surface area contributed by atoms with Crippen molar-refractivity contribution in [2.24, 2.45) is 4.99 Å². The molecule has 0 bridgehead atoms. The molecule has 0 amide bonds. The molecule has 1 aliphatic heterocycles. The minimum Gasteiger partial charge on any atom is -0.499 e. The lowest BCUT2D eigenvalue weighted by atomic mass is 9.86. The van der Waals surface area contributed by atoms with Crippen molar-refractivity contribution in [2.75, 3.05) is 6.61 Å². The molecule has 1 N–H and O–H groups in total. The second kappa shape index (κ2) is 7.50. The normalized spacial score (nSPS) is 15.8. The van der Waals surface area contributed by atoms with Gasteiger partial charge in [-0.1, -0.05) is 47.5 Å². The Bertz CT molecular complexity index is 828. The lowest BCUT2D eigenvalue weighted by Gasteiger charge is -2.27. The van der Waals surface area contributed by atoms with Gasteiger partial charge in [0.1, 0.15) is 6.26 Å². The van der Waals surface area contributed by atoms with Gasteiger partial charge in [-0.15, -0.1) is 0 Å². The molecule has 0 unspecified atom stereocenters. The van der Waals surface area contributed by atoms with Gasteiger partial charge in [-0.3, -0.25) is 0 Å². The van der Waals surface area contributed by atoms with Gasteiger partial charge in [0.2, 0.25) is 5.90 Å². The lowest BCUT2D eigenvalue weighted by Crippen LogP contribution is -2.37. The molecule has 2 aromatic carbocycles. The van der Waals surface area contributed by atoms with Crippen LogP contribution in [0.4, 0.5) is 0 Å². The van der Waals surface area contributed by atoms with Crippen molar-refractivity contribution in [2.45, 2.75) is 12.5 Å². The van der Waals surface area contributed by atoms with Gasteiger partial charge in [-0.25, -0.2) is 9.79 Å². The molecule has 0 aliphatic carbocycles. The van der Waals surface area contributed by atoms with Gasteiger partial charge in [0.25, 0.3) is 0 Å². The Morgan fingerprint density at radius 2 is 1.58 bits per heavy atom. The van der Waals surface area contributed by atoms with E-state index in [4.69, 9.17) is 32.7 Å². The zero-order valence-electron chi connectivity index (χ0n) is 13.8. The monoisotopic (exact) mass is 391 g/mol. The first kappa shape index (κ1) is 18.5. The third-order valence-electron chi connectivity index (χ3n) is 3.82. The van der Waals surface area contributed by atoms with Gasteiger partial charge in [-0.2, -0.15) is 0 Å². The zero-order chi connectivity index (χ0) is 18.7. The van der Waals surface area contributed by atoms with Gasteiger partial charge < -0.3 is 14.6 Å². The van der Waals surface area contributed by atoms with Crippen LogP contribution >= 0.6 is 23.2 Å². The summed E-state index contributed by atoms with van der Waals surface area (Å²) in [6.07, 6.45) is 1.21. The first-order valence-corrected chi connectivity index (χ1v) is 8.58. The Hall–Kier alpha value is -2.34. The summed E-state index contributed by atoms with van der Waals surface area (Å²) in [6.45, 7) is 2.15. The molecule has 0 aromatic heterocycles. The van der Waals surface area contributed by atoms with Crippen molar-refractivity contribution >= 4 is 35.1 Å². The fourth-order valence-electron chi connectivity index (χ4n) is 2.51. The van der Waals surface area contributed by atoms with E-state index < -0.39 is 11.6 Å². The van der Waals surface area contributed by atoms with Crippen molar-refractivity contribution in [3.05, 3.63) is 81.7 Å². The highest BCUT2D eigenvalue weighted by Gasteiger charge is 2.44. The summed E-state index contributed by atoms with van der Waals surface area (Å²) in [5.74, 6) is -0.868. The Morgan fingerprint density at radius 3 is 2.04 bits per heavy atom. The Labute approximate surface area is 160 Å². The smallest absolute Gasteiger partial charge is 0.366 e. The fraction of sp³-hybridized carbons (Fsp3) is 0.158. The molecule has 0 atom stereocenters. The number of carbonyl (C=O) groups is 1. The number of hydrogen-bond acceptors (Lipinski definition) is 5. The van der Waals surface area contributed by atoms with Crippen LogP contribution in [-0.2, 0) is 19.9 Å². The summed E-state index contributed by atoms with van der Waals surface area (Å²) < 4.78 is 10.4. The maximum absolute atomic E-state index is 12.1. The second-order valence-electron chi connectivity index (χ2n) is 5.49. The molecule has 26 heavy (non-hydrogen) atoms. The molecule has 2 aromatic rings. The lowest BCUT2D eigenvalue weighted by molar-refractivity contribution is -0.131. The van der Waals surface area contributed by atoms with Gasteiger partial charge >= 0.3 is 5.97 Å². The third kappa shape index (κ3) is 3.46. The van der Waals surface area contributed by atoms with Crippen LogP contribution in [0.5, 0.6) is 0 Å². The molecule has 1 heterocycles. The molecule has 0 saturated heterocycles. The SMILES string of the molecule is CCO/C=C1\N=C(C(O)(c2ccc(Cl)cc2)c2ccc(Cl)cc2)OC1=O. The number of ether oxygens (including phenoxy) is 2. The molecular weight excluding hydrogens is 377 g/mol. The van der Waals surface area contributed by atoms with E-state index in [1.807, 2.05) is 0 Å². The van der Waals surface area contributed by atoms with Crippen LogP contribution in [0.2, 0.25) is 10.0 Å². The zero-order valence-corrected chi connectivity index (χ0v) is 15.3. The summed E-state index contributed by atoms with van der Waals surface area (Å²) in [5, 5.41) is 12.6. The van der Waals surface area contributed by atoms with Gasteiger partial charge in [0.05, 0.1) is 6.61 Å². The van der Waals surface area contributed by atoms with E-state index in [0.717, 1.165) is 0 Å². The number of cyclic esters (lactones) is 1. The molecule has 0 fully saturated rings. The van der Waals surface area contributed by atoms with Crippen LogP contribution in [0, 0.1) is 0 Å². The Kier molecular flexibility index (Phi) is 5.32. The van der Waals surface area contributed by atoms with Gasteiger partial charge in [0.15, 0.2) is 11.3 Å². The predicted molar refractivity (Wildman–Crippen MR) is 99.1 cm³/mol. The van der Waals surface area contributed by atoms with E-state index in [1.54, 1.807) is 55.5 Å². The van der Waals surface area contributed by atoms with Crippen LogP contribution in [-0.4, -0.2) is 23.6 Å². The van der Waals surface area contributed by atoms with E-state index in [1.165, 1.54) is 6.26 Å². The number of aliphatic imine (C=N–C) groups is 1. The summed E-state index contributed by atoms with van der Waals surface area (Å²) in [6, 6.07) is 13.1. The maximum Gasteiger partial charge on any atom is 0.366 e. The van der Waals surface area contributed by atoms with Crippen molar-refractivity contribution in [3.8, 4) is 0 Å². The molecule has 0 radical (unpaired) electrons. The second-order valence-corrected chi connectivity index (χ2v) is 6.36. The topological polar surface area (TPSA) is 68.1 Å². The molecular formula is C19H15Cl2NO4. The van der Waals surface area contributed by atoms with Crippen LogP contribution in [0.25, 0.3) is 0 Å². The van der Waals surface area contributed by atoms with Gasteiger partial charge in [0, 0.05) is 10.0 Å². The highest BCUT2D eigenvalue weighted by Crippen LogP contribution is 2.36.